The van der Waals surface area contributed by atoms with Gasteiger partial charge >= 0.3 is 0 Å². The molecule has 5 heteroatoms. The Balaban J connectivity index is 1.68. The summed E-state index contributed by atoms with van der Waals surface area (Å²) in [6.07, 6.45) is 5.99. The molecule has 104 valence electrons. The third kappa shape index (κ3) is 3.46. The van der Waals surface area contributed by atoms with Gasteiger partial charge in [0.25, 0.3) is 0 Å². The minimum Gasteiger partial charge on any atom is -0.436 e. The summed E-state index contributed by atoms with van der Waals surface area (Å²) in [6.45, 7) is 2.72. The van der Waals surface area contributed by atoms with Crippen LogP contribution in [0.1, 0.15) is 24.1 Å². The highest BCUT2D eigenvalue weighted by Gasteiger charge is 2.20. The molecular formula is C15H16ClN3O. The van der Waals surface area contributed by atoms with E-state index in [4.69, 9.17) is 16.3 Å². The van der Waals surface area contributed by atoms with Crippen LogP contribution in [0.4, 0.5) is 0 Å². The molecule has 1 saturated carbocycles. The smallest absolute Gasteiger partial charge is 0.238 e. The van der Waals surface area contributed by atoms with Crippen molar-refractivity contribution < 1.29 is 4.74 Å². The van der Waals surface area contributed by atoms with E-state index in [1.54, 1.807) is 12.4 Å². The number of nitrogens with zero attached hydrogens (tertiary/aromatic N) is 2. The summed E-state index contributed by atoms with van der Waals surface area (Å²) in [4.78, 5) is 8.44. The number of pyridine rings is 2. The van der Waals surface area contributed by atoms with Gasteiger partial charge in [-0.25, -0.2) is 4.98 Å². The average Bonchev–Trinajstić information content (AvgIpc) is 3.26. The SMILES string of the molecule is Cc1ccc(Oc2ncc(CNC3CC3)cc2Cl)cn1. The molecule has 1 aliphatic carbocycles. The van der Waals surface area contributed by atoms with Crippen molar-refractivity contribution in [1.82, 2.24) is 15.3 Å². The maximum absolute atomic E-state index is 6.21. The zero-order valence-corrected chi connectivity index (χ0v) is 12.0. The molecule has 2 aromatic heterocycles. The minimum atomic E-state index is 0.410. The van der Waals surface area contributed by atoms with Crippen LogP contribution < -0.4 is 10.1 Å². The van der Waals surface area contributed by atoms with E-state index < -0.39 is 0 Å². The van der Waals surface area contributed by atoms with Crippen LogP contribution in [0.15, 0.2) is 30.6 Å². The van der Waals surface area contributed by atoms with E-state index >= 15 is 0 Å². The van der Waals surface area contributed by atoms with Crippen molar-refractivity contribution in [3.63, 3.8) is 0 Å². The molecule has 20 heavy (non-hydrogen) atoms. The van der Waals surface area contributed by atoms with Gasteiger partial charge in [-0.15, -0.1) is 0 Å². The summed E-state index contributed by atoms with van der Waals surface area (Å²) < 4.78 is 5.63. The van der Waals surface area contributed by atoms with Crippen molar-refractivity contribution >= 4 is 11.6 Å². The van der Waals surface area contributed by atoms with E-state index in [1.807, 2.05) is 25.1 Å². The summed E-state index contributed by atoms with van der Waals surface area (Å²) in [6, 6.07) is 6.30. The van der Waals surface area contributed by atoms with Gasteiger partial charge in [-0.3, -0.25) is 4.98 Å². The molecular weight excluding hydrogens is 274 g/mol. The monoisotopic (exact) mass is 289 g/mol. The number of ether oxygens (including phenoxy) is 1. The summed E-state index contributed by atoms with van der Waals surface area (Å²) >= 11 is 6.21. The minimum absolute atomic E-state index is 0.410. The highest BCUT2D eigenvalue weighted by Crippen LogP contribution is 2.27. The second kappa shape index (κ2) is 5.77. The lowest BCUT2D eigenvalue weighted by Crippen LogP contribution is -2.15. The van der Waals surface area contributed by atoms with E-state index in [2.05, 4.69) is 15.3 Å². The Morgan fingerprint density at radius 2 is 2.15 bits per heavy atom. The fraction of sp³-hybridized carbons (Fsp3) is 0.333. The zero-order valence-electron chi connectivity index (χ0n) is 11.3. The highest BCUT2D eigenvalue weighted by atomic mass is 35.5. The molecule has 3 rings (SSSR count). The van der Waals surface area contributed by atoms with E-state index in [1.165, 1.54) is 12.8 Å². The Morgan fingerprint density at radius 3 is 2.80 bits per heavy atom. The van der Waals surface area contributed by atoms with Gasteiger partial charge in [0.2, 0.25) is 5.88 Å². The van der Waals surface area contributed by atoms with Gasteiger partial charge < -0.3 is 10.1 Å². The lowest BCUT2D eigenvalue weighted by Gasteiger charge is -2.08. The van der Waals surface area contributed by atoms with E-state index in [0.29, 0.717) is 22.7 Å². The van der Waals surface area contributed by atoms with E-state index in [-0.39, 0.29) is 0 Å². The fourth-order valence-electron chi connectivity index (χ4n) is 1.81. The van der Waals surface area contributed by atoms with Gasteiger partial charge in [-0.2, -0.15) is 0 Å². The van der Waals surface area contributed by atoms with Crippen LogP contribution >= 0.6 is 11.6 Å². The maximum Gasteiger partial charge on any atom is 0.238 e. The molecule has 0 atom stereocenters. The molecule has 0 aliphatic heterocycles. The van der Waals surface area contributed by atoms with Crippen molar-refractivity contribution in [1.29, 1.82) is 0 Å². The largest absolute Gasteiger partial charge is 0.436 e. The first-order valence-electron chi connectivity index (χ1n) is 6.69. The van der Waals surface area contributed by atoms with Crippen LogP contribution in [-0.2, 0) is 6.54 Å². The van der Waals surface area contributed by atoms with Crippen LogP contribution in [-0.4, -0.2) is 16.0 Å². The summed E-state index contributed by atoms with van der Waals surface area (Å²) in [5.74, 6) is 1.04. The molecule has 0 unspecified atom stereocenters. The number of nitrogens with one attached hydrogen (secondary N) is 1. The molecule has 1 aliphatic rings. The Hall–Kier alpha value is -1.65. The second-order valence-corrected chi connectivity index (χ2v) is 5.43. The average molecular weight is 290 g/mol. The zero-order chi connectivity index (χ0) is 13.9. The van der Waals surface area contributed by atoms with E-state index in [9.17, 15) is 0 Å². The second-order valence-electron chi connectivity index (χ2n) is 5.02. The fourth-order valence-corrected chi connectivity index (χ4v) is 2.04. The summed E-state index contributed by atoms with van der Waals surface area (Å²) in [7, 11) is 0. The molecule has 0 radical (unpaired) electrons. The molecule has 4 nitrogen and oxygen atoms in total. The number of hydrogen-bond donors (Lipinski definition) is 1. The third-order valence-electron chi connectivity index (χ3n) is 3.14. The third-order valence-corrected chi connectivity index (χ3v) is 3.41. The van der Waals surface area contributed by atoms with Gasteiger partial charge in [0.1, 0.15) is 10.8 Å². The molecule has 2 aromatic rings. The van der Waals surface area contributed by atoms with Crippen molar-refractivity contribution in [2.75, 3.05) is 0 Å². The molecule has 2 heterocycles. The van der Waals surface area contributed by atoms with Crippen molar-refractivity contribution in [3.8, 4) is 11.6 Å². The Bertz CT molecular complexity index is 597. The number of aryl methyl sites for hydroxylation is 1. The summed E-state index contributed by atoms with van der Waals surface area (Å²) in [5.41, 5.74) is 2.01. The van der Waals surface area contributed by atoms with Gasteiger partial charge in [0.05, 0.1) is 6.20 Å². The lowest BCUT2D eigenvalue weighted by atomic mass is 10.3. The molecule has 0 saturated heterocycles. The first-order valence-corrected chi connectivity index (χ1v) is 7.07. The van der Waals surface area contributed by atoms with Crippen molar-refractivity contribution in [3.05, 3.63) is 46.9 Å². The van der Waals surface area contributed by atoms with Crippen LogP contribution in [0.2, 0.25) is 5.02 Å². The van der Waals surface area contributed by atoms with Crippen molar-refractivity contribution in [2.45, 2.75) is 32.4 Å². The first kappa shape index (κ1) is 13.3. The first-order chi connectivity index (χ1) is 9.70. The highest BCUT2D eigenvalue weighted by molar-refractivity contribution is 6.31. The molecule has 1 fully saturated rings. The lowest BCUT2D eigenvalue weighted by molar-refractivity contribution is 0.460. The standard InChI is InChI=1S/C15H16ClN3O/c1-10-2-5-13(9-17-10)20-15-14(16)6-11(8-19-15)7-18-12-3-4-12/h2,5-6,8-9,12,18H,3-4,7H2,1H3. The predicted molar refractivity (Wildman–Crippen MR) is 78.2 cm³/mol. The number of rotatable bonds is 5. The predicted octanol–water partition coefficient (Wildman–Crippen LogP) is 3.48. The Labute approximate surface area is 123 Å². The number of halogens is 1. The van der Waals surface area contributed by atoms with Crippen molar-refractivity contribution in [2.24, 2.45) is 0 Å². The Kier molecular flexibility index (Phi) is 3.85. The quantitative estimate of drug-likeness (QED) is 0.915. The van der Waals surface area contributed by atoms with Crippen LogP contribution in [0.5, 0.6) is 11.6 Å². The van der Waals surface area contributed by atoms with Crippen LogP contribution in [0.25, 0.3) is 0 Å². The molecule has 0 spiro atoms. The van der Waals surface area contributed by atoms with Gasteiger partial charge in [0.15, 0.2) is 0 Å². The van der Waals surface area contributed by atoms with Gasteiger partial charge in [0, 0.05) is 24.5 Å². The van der Waals surface area contributed by atoms with E-state index in [0.717, 1.165) is 17.8 Å². The number of aromatic nitrogens is 2. The maximum atomic E-state index is 6.21. The normalized spacial score (nSPS) is 14.3. The molecule has 0 bridgehead atoms. The van der Waals surface area contributed by atoms with Crippen LogP contribution in [0.3, 0.4) is 0 Å². The Morgan fingerprint density at radius 1 is 1.30 bits per heavy atom. The van der Waals surface area contributed by atoms with Gasteiger partial charge in [-0.1, -0.05) is 11.6 Å². The van der Waals surface area contributed by atoms with Crippen LogP contribution in [0, 0.1) is 6.92 Å². The molecule has 0 aromatic carbocycles. The summed E-state index contributed by atoms with van der Waals surface area (Å²) in [5, 5.41) is 3.94. The molecule has 1 N–H and O–H groups in total. The van der Waals surface area contributed by atoms with Gasteiger partial charge in [-0.05, 0) is 43.5 Å². The topological polar surface area (TPSA) is 47.0 Å². The molecule has 0 amide bonds. The number of hydrogen-bond acceptors (Lipinski definition) is 4.